The van der Waals surface area contributed by atoms with Crippen LogP contribution in [0.15, 0.2) is 66.7 Å². The molecule has 0 aliphatic rings. The number of nitrogens with one attached hydrogen (secondary N) is 2. The third-order valence-corrected chi connectivity index (χ3v) is 5.69. The molecule has 3 N–H and O–H groups in total. The molecular weight excluding hydrogens is 444 g/mol. The number of aryl methyl sites for hydroxylation is 2. The number of benzene rings is 3. The Bertz CT molecular complexity index is 1580. The number of anilines is 1. The molecule has 8 heteroatoms. The molecule has 0 spiro atoms. The van der Waals surface area contributed by atoms with Crippen LogP contribution in [-0.2, 0) is 4.79 Å². The van der Waals surface area contributed by atoms with Gasteiger partial charge in [0.25, 0.3) is 5.91 Å². The number of hydrogen-bond acceptors (Lipinski definition) is 5. The Morgan fingerprint density at radius 1 is 0.943 bits per heavy atom. The minimum absolute atomic E-state index is 0.266. The number of aromatic nitrogens is 3. The molecule has 3 aromatic carbocycles. The van der Waals surface area contributed by atoms with Gasteiger partial charge in [-0.05, 0) is 73.5 Å². The lowest BCUT2D eigenvalue weighted by molar-refractivity contribution is -0.139. The van der Waals surface area contributed by atoms with Crippen LogP contribution < -0.4 is 10.1 Å². The third kappa shape index (κ3) is 4.54. The Morgan fingerprint density at radius 2 is 1.71 bits per heavy atom. The maximum Gasteiger partial charge on any atom is 0.341 e. The van der Waals surface area contributed by atoms with Crippen molar-refractivity contribution in [3.63, 3.8) is 0 Å². The molecule has 0 atom stereocenters. The van der Waals surface area contributed by atoms with Crippen LogP contribution >= 0.6 is 0 Å². The van der Waals surface area contributed by atoms with E-state index in [1.807, 2.05) is 44.2 Å². The molecule has 2 heterocycles. The van der Waals surface area contributed by atoms with E-state index < -0.39 is 12.6 Å². The number of carbonyl (C=O) groups excluding carboxylic acids is 1. The minimum Gasteiger partial charge on any atom is -0.482 e. The van der Waals surface area contributed by atoms with Gasteiger partial charge in [-0.1, -0.05) is 18.2 Å². The highest BCUT2D eigenvalue weighted by Crippen LogP contribution is 2.31. The standard InChI is InChI=1S/C27H22N4O4/c1-15-11-19(35-14-24(32)33)12-16(2)25(15)26-29-21-9-7-18(13-22(21)30-26)27(34)31-23-10-8-17-5-3-4-6-20(17)28-23/h3-13H,14H2,1-2H3,(H,29,30)(H,32,33)(H,28,31,34). The molecule has 0 radical (unpaired) electrons. The number of imidazole rings is 1. The Kier molecular flexibility index (Phi) is 5.62. The Balaban J connectivity index is 1.41. The van der Waals surface area contributed by atoms with Gasteiger partial charge in [0.05, 0.1) is 16.6 Å². The van der Waals surface area contributed by atoms with E-state index in [2.05, 4.69) is 15.3 Å². The van der Waals surface area contributed by atoms with Gasteiger partial charge in [0, 0.05) is 16.5 Å². The lowest BCUT2D eigenvalue weighted by Gasteiger charge is -2.11. The second kappa shape index (κ2) is 8.90. The quantitative estimate of drug-likeness (QED) is 0.320. The van der Waals surface area contributed by atoms with Crippen LogP contribution in [0.5, 0.6) is 5.75 Å². The highest BCUT2D eigenvalue weighted by Gasteiger charge is 2.15. The van der Waals surface area contributed by atoms with Crippen LogP contribution in [0.3, 0.4) is 0 Å². The predicted molar refractivity (Wildman–Crippen MR) is 134 cm³/mol. The fourth-order valence-electron chi connectivity index (χ4n) is 4.12. The maximum atomic E-state index is 12.9. The topological polar surface area (TPSA) is 117 Å². The number of carboxylic acid groups (broad SMARTS) is 1. The number of fused-ring (bicyclic) bond motifs is 2. The van der Waals surface area contributed by atoms with Crippen molar-refractivity contribution in [1.29, 1.82) is 0 Å². The van der Waals surface area contributed by atoms with Crippen LogP contribution in [0.25, 0.3) is 33.3 Å². The number of ether oxygens (including phenoxy) is 1. The Morgan fingerprint density at radius 3 is 2.49 bits per heavy atom. The molecule has 0 saturated heterocycles. The second-order valence-electron chi connectivity index (χ2n) is 8.28. The van der Waals surface area contributed by atoms with E-state index in [0.29, 0.717) is 23.0 Å². The average Bonchev–Trinajstić information content (AvgIpc) is 3.25. The summed E-state index contributed by atoms with van der Waals surface area (Å²) < 4.78 is 5.31. The second-order valence-corrected chi connectivity index (χ2v) is 8.28. The number of rotatable bonds is 6. The smallest absolute Gasteiger partial charge is 0.341 e. The van der Waals surface area contributed by atoms with Gasteiger partial charge in [0.2, 0.25) is 0 Å². The van der Waals surface area contributed by atoms with Gasteiger partial charge in [0.1, 0.15) is 17.4 Å². The van der Waals surface area contributed by atoms with Crippen LogP contribution in [0.4, 0.5) is 5.82 Å². The van der Waals surface area contributed by atoms with Gasteiger partial charge in [-0.2, -0.15) is 0 Å². The van der Waals surface area contributed by atoms with Crippen molar-refractivity contribution in [2.24, 2.45) is 0 Å². The van der Waals surface area contributed by atoms with E-state index in [-0.39, 0.29) is 5.91 Å². The van der Waals surface area contributed by atoms with Gasteiger partial charge in [-0.3, -0.25) is 4.79 Å². The average molecular weight is 466 g/mol. The lowest BCUT2D eigenvalue weighted by Crippen LogP contribution is -2.12. The first-order valence-electron chi connectivity index (χ1n) is 11.0. The van der Waals surface area contributed by atoms with Gasteiger partial charge in [0.15, 0.2) is 6.61 Å². The SMILES string of the molecule is Cc1cc(OCC(=O)O)cc(C)c1-c1nc2ccc(C(=O)Nc3ccc4ccccc4n3)cc2[nH]1. The molecule has 0 fully saturated rings. The molecule has 0 saturated carbocycles. The summed E-state index contributed by atoms with van der Waals surface area (Å²) in [5.41, 5.74) is 5.43. The van der Waals surface area contributed by atoms with E-state index >= 15 is 0 Å². The summed E-state index contributed by atoms with van der Waals surface area (Å²) >= 11 is 0. The van der Waals surface area contributed by atoms with Crippen LogP contribution in [-0.4, -0.2) is 38.5 Å². The molecule has 8 nitrogen and oxygen atoms in total. The normalized spacial score (nSPS) is 11.0. The number of aliphatic carboxylic acids is 1. The molecular formula is C27H22N4O4. The van der Waals surface area contributed by atoms with E-state index in [0.717, 1.165) is 38.6 Å². The first-order valence-corrected chi connectivity index (χ1v) is 11.0. The molecule has 35 heavy (non-hydrogen) atoms. The first kappa shape index (κ1) is 22.1. The van der Waals surface area contributed by atoms with Gasteiger partial charge in [-0.15, -0.1) is 0 Å². The van der Waals surface area contributed by atoms with Gasteiger partial charge in [-0.25, -0.2) is 14.8 Å². The summed E-state index contributed by atoms with van der Waals surface area (Å²) in [5, 5.41) is 12.7. The first-order chi connectivity index (χ1) is 16.9. The zero-order valence-corrected chi connectivity index (χ0v) is 19.1. The molecule has 0 bridgehead atoms. The Labute approximate surface area is 200 Å². The molecule has 0 aliphatic heterocycles. The van der Waals surface area contributed by atoms with Crippen molar-refractivity contribution in [3.8, 4) is 17.1 Å². The Hall–Kier alpha value is -4.72. The number of nitrogens with zero attached hydrogens (tertiary/aromatic N) is 2. The molecule has 174 valence electrons. The van der Waals surface area contributed by atoms with Crippen molar-refractivity contribution in [2.75, 3.05) is 11.9 Å². The molecule has 5 rings (SSSR count). The van der Waals surface area contributed by atoms with Gasteiger partial charge >= 0.3 is 5.97 Å². The molecule has 0 aliphatic carbocycles. The van der Waals surface area contributed by atoms with Crippen molar-refractivity contribution in [2.45, 2.75) is 13.8 Å². The predicted octanol–water partition coefficient (Wildman–Crippen LogP) is 5.11. The number of carboxylic acids is 1. The summed E-state index contributed by atoms with van der Waals surface area (Å²) in [6, 6.07) is 20.3. The largest absolute Gasteiger partial charge is 0.482 e. The number of H-pyrrole nitrogens is 1. The monoisotopic (exact) mass is 466 g/mol. The van der Waals surface area contributed by atoms with E-state index in [1.54, 1.807) is 36.4 Å². The maximum absolute atomic E-state index is 12.9. The fourth-order valence-corrected chi connectivity index (χ4v) is 4.12. The lowest BCUT2D eigenvalue weighted by atomic mass is 10.0. The summed E-state index contributed by atoms with van der Waals surface area (Å²) in [4.78, 5) is 36.2. The number of pyridine rings is 1. The third-order valence-electron chi connectivity index (χ3n) is 5.69. The highest BCUT2D eigenvalue weighted by molar-refractivity contribution is 6.06. The van der Waals surface area contributed by atoms with E-state index in [9.17, 15) is 9.59 Å². The molecule has 5 aromatic rings. The van der Waals surface area contributed by atoms with Crippen LogP contribution in [0.1, 0.15) is 21.5 Å². The van der Waals surface area contributed by atoms with Crippen molar-refractivity contribution in [1.82, 2.24) is 15.0 Å². The van der Waals surface area contributed by atoms with E-state index in [4.69, 9.17) is 14.8 Å². The number of para-hydroxylation sites is 1. The summed E-state index contributed by atoms with van der Waals surface area (Å²) in [5.74, 6) is 0.337. The number of aromatic amines is 1. The number of carbonyl (C=O) groups is 2. The van der Waals surface area contributed by atoms with Crippen molar-refractivity contribution < 1.29 is 19.4 Å². The molecule has 2 aromatic heterocycles. The number of hydrogen-bond donors (Lipinski definition) is 3. The van der Waals surface area contributed by atoms with Crippen molar-refractivity contribution in [3.05, 3.63) is 83.4 Å². The van der Waals surface area contributed by atoms with Crippen molar-refractivity contribution >= 4 is 39.6 Å². The van der Waals surface area contributed by atoms with E-state index in [1.165, 1.54) is 0 Å². The molecule has 0 unspecified atom stereocenters. The summed E-state index contributed by atoms with van der Waals surface area (Å²) in [6.45, 7) is 3.43. The van der Waals surface area contributed by atoms with Crippen LogP contribution in [0.2, 0.25) is 0 Å². The fraction of sp³-hybridized carbons (Fsp3) is 0.111. The number of amides is 1. The zero-order valence-electron chi connectivity index (χ0n) is 19.1. The molecule has 1 amide bonds. The van der Waals surface area contributed by atoms with Crippen LogP contribution in [0, 0.1) is 13.8 Å². The summed E-state index contributed by atoms with van der Waals surface area (Å²) in [7, 11) is 0. The van der Waals surface area contributed by atoms with Gasteiger partial charge < -0.3 is 20.1 Å². The highest BCUT2D eigenvalue weighted by atomic mass is 16.5. The summed E-state index contributed by atoms with van der Waals surface area (Å²) in [6.07, 6.45) is 0. The zero-order chi connectivity index (χ0) is 24.5. The minimum atomic E-state index is -1.03.